The monoisotopic (exact) mass is 404 g/mol. The topological polar surface area (TPSA) is 85.1 Å². The van der Waals surface area contributed by atoms with Crippen LogP contribution >= 0.6 is 0 Å². The second kappa shape index (κ2) is 9.67. The molecular formula is C19H22F2N6O2. The van der Waals surface area contributed by atoms with E-state index >= 15 is 0 Å². The van der Waals surface area contributed by atoms with Crippen molar-refractivity contribution >= 4 is 11.6 Å². The maximum absolute atomic E-state index is 12.8. The zero-order valence-corrected chi connectivity index (χ0v) is 16.1. The summed E-state index contributed by atoms with van der Waals surface area (Å²) in [5, 5.41) is 14.4. The predicted molar refractivity (Wildman–Crippen MR) is 104 cm³/mol. The van der Waals surface area contributed by atoms with Crippen LogP contribution in [0.4, 0.5) is 8.78 Å². The number of guanidine groups is 1. The number of rotatable bonds is 8. The number of hydrogen-bond acceptors (Lipinski definition) is 5. The number of ether oxygens (including phenoxy) is 2. The summed E-state index contributed by atoms with van der Waals surface area (Å²) in [5.41, 5.74) is 1.26. The lowest BCUT2D eigenvalue weighted by molar-refractivity contribution is -0.0520. The molecule has 0 aliphatic heterocycles. The third kappa shape index (κ3) is 5.09. The molecule has 0 atom stereocenters. The molecule has 0 amide bonds. The molecular weight excluding hydrogens is 382 g/mol. The molecule has 0 saturated carbocycles. The lowest BCUT2D eigenvalue weighted by atomic mass is 10.2. The third-order valence-electron chi connectivity index (χ3n) is 4.04. The van der Waals surface area contributed by atoms with Crippen molar-refractivity contribution in [2.45, 2.75) is 26.6 Å². The third-order valence-corrected chi connectivity index (χ3v) is 4.04. The van der Waals surface area contributed by atoms with E-state index in [1.54, 1.807) is 32.2 Å². The fraction of sp³-hybridized carbons (Fsp3) is 0.316. The molecule has 0 radical (unpaired) electrons. The Kier molecular flexibility index (Phi) is 6.77. The molecule has 3 rings (SSSR count). The van der Waals surface area contributed by atoms with Crippen molar-refractivity contribution < 1.29 is 18.3 Å². The Hall–Kier alpha value is -3.43. The van der Waals surface area contributed by atoms with Crippen molar-refractivity contribution in [1.82, 2.24) is 25.2 Å². The van der Waals surface area contributed by atoms with Crippen molar-refractivity contribution in [2.24, 2.45) is 4.99 Å². The van der Waals surface area contributed by atoms with E-state index in [1.807, 2.05) is 28.8 Å². The van der Waals surface area contributed by atoms with Gasteiger partial charge < -0.3 is 20.1 Å². The molecule has 2 heterocycles. The highest BCUT2D eigenvalue weighted by atomic mass is 19.3. The van der Waals surface area contributed by atoms with Gasteiger partial charge in [-0.1, -0.05) is 18.2 Å². The number of benzene rings is 1. The van der Waals surface area contributed by atoms with E-state index in [1.165, 1.54) is 0 Å². The van der Waals surface area contributed by atoms with Gasteiger partial charge in [0.25, 0.3) is 0 Å². The molecule has 0 saturated heterocycles. The maximum Gasteiger partial charge on any atom is 0.387 e. The second-order valence-corrected chi connectivity index (χ2v) is 5.88. The van der Waals surface area contributed by atoms with Crippen LogP contribution in [0, 0.1) is 0 Å². The number of halogens is 2. The summed E-state index contributed by atoms with van der Waals surface area (Å²) >= 11 is 0. The van der Waals surface area contributed by atoms with Crippen molar-refractivity contribution in [3.8, 4) is 11.5 Å². The number of fused-ring (bicyclic) bond motifs is 1. The van der Waals surface area contributed by atoms with Crippen LogP contribution in [0.5, 0.6) is 11.5 Å². The lowest BCUT2D eigenvalue weighted by Crippen LogP contribution is -2.36. The Balaban J connectivity index is 1.67. The number of para-hydroxylation sites is 1. The highest BCUT2D eigenvalue weighted by molar-refractivity contribution is 5.79. The minimum atomic E-state index is -2.95. The highest BCUT2D eigenvalue weighted by Gasteiger charge is 2.16. The zero-order chi connectivity index (χ0) is 20.6. The Labute approximate surface area is 166 Å². The van der Waals surface area contributed by atoms with Gasteiger partial charge in [0.15, 0.2) is 28.9 Å². The number of pyridine rings is 1. The molecule has 0 bridgehead atoms. The number of nitrogens with zero attached hydrogens (tertiary/aromatic N) is 4. The fourth-order valence-corrected chi connectivity index (χ4v) is 2.77. The van der Waals surface area contributed by atoms with Gasteiger partial charge in [-0.3, -0.25) is 9.39 Å². The van der Waals surface area contributed by atoms with E-state index in [-0.39, 0.29) is 18.0 Å². The number of aliphatic imine (C=N–C) groups is 1. The average molecular weight is 404 g/mol. The molecule has 0 aliphatic carbocycles. The fourth-order valence-electron chi connectivity index (χ4n) is 2.77. The number of alkyl halides is 2. The Morgan fingerprint density at radius 1 is 1.14 bits per heavy atom. The van der Waals surface area contributed by atoms with Gasteiger partial charge in [0, 0.05) is 25.4 Å². The second-order valence-electron chi connectivity index (χ2n) is 5.88. The highest BCUT2D eigenvalue weighted by Crippen LogP contribution is 2.32. The van der Waals surface area contributed by atoms with E-state index in [0.717, 1.165) is 5.65 Å². The van der Waals surface area contributed by atoms with E-state index in [4.69, 9.17) is 4.74 Å². The van der Waals surface area contributed by atoms with Crippen molar-refractivity contribution in [1.29, 1.82) is 0 Å². The van der Waals surface area contributed by atoms with Gasteiger partial charge in [0.1, 0.15) is 0 Å². The van der Waals surface area contributed by atoms with Crippen LogP contribution in [0.1, 0.15) is 18.3 Å². The summed E-state index contributed by atoms with van der Waals surface area (Å²) in [6.07, 6.45) is 1.87. The van der Waals surface area contributed by atoms with E-state index < -0.39 is 6.61 Å². The first-order valence-corrected chi connectivity index (χ1v) is 9.05. The van der Waals surface area contributed by atoms with Gasteiger partial charge in [-0.15, -0.1) is 10.2 Å². The average Bonchev–Trinajstić information content (AvgIpc) is 3.13. The quantitative estimate of drug-likeness (QED) is 0.444. The molecule has 0 fully saturated rings. The van der Waals surface area contributed by atoms with E-state index in [9.17, 15) is 8.78 Å². The van der Waals surface area contributed by atoms with Crippen LogP contribution < -0.4 is 20.1 Å². The Morgan fingerprint density at radius 2 is 1.97 bits per heavy atom. The first kappa shape index (κ1) is 20.3. The van der Waals surface area contributed by atoms with Crippen LogP contribution in [-0.2, 0) is 13.1 Å². The zero-order valence-electron chi connectivity index (χ0n) is 16.1. The minimum Gasteiger partial charge on any atom is -0.490 e. The van der Waals surface area contributed by atoms with Gasteiger partial charge in [0.05, 0.1) is 13.2 Å². The summed E-state index contributed by atoms with van der Waals surface area (Å²) in [7, 11) is 1.62. The maximum atomic E-state index is 12.8. The lowest BCUT2D eigenvalue weighted by Gasteiger charge is -2.17. The van der Waals surface area contributed by atoms with Gasteiger partial charge in [-0.25, -0.2) is 0 Å². The molecule has 10 heteroatoms. The molecule has 154 valence electrons. The summed E-state index contributed by atoms with van der Waals surface area (Å²) in [4.78, 5) is 4.15. The standard InChI is InChI=1S/C19H22F2N6O2/c1-3-28-14-8-6-7-13(17(14)29-18(20)21)11-23-19(22-2)24-12-16-26-25-15-9-4-5-10-27(15)16/h4-10,18H,3,11-12H2,1-2H3,(H2,22,23,24). The van der Waals surface area contributed by atoms with Crippen LogP contribution in [0.25, 0.3) is 5.65 Å². The predicted octanol–water partition coefficient (Wildman–Crippen LogP) is 2.59. The summed E-state index contributed by atoms with van der Waals surface area (Å²) < 4.78 is 37.6. The van der Waals surface area contributed by atoms with Crippen molar-refractivity contribution in [3.63, 3.8) is 0 Å². The summed E-state index contributed by atoms with van der Waals surface area (Å²) in [6, 6.07) is 10.6. The molecule has 8 nitrogen and oxygen atoms in total. The van der Waals surface area contributed by atoms with Crippen LogP contribution in [0.15, 0.2) is 47.6 Å². The Bertz CT molecular complexity index is 976. The largest absolute Gasteiger partial charge is 0.490 e. The van der Waals surface area contributed by atoms with Gasteiger partial charge in [0.2, 0.25) is 0 Å². The number of nitrogens with one attached hydrogen (secondary N) is 2. The molecule has 0 spiro atoms. The Morgan fingerprint density at radius 3 is 2.72 bits per heavy atom. The van der Waals surface area contributed by atoms with Crippen molar-refractivity contribution in [2.75, 3.05) is 13.7 Å². The smallest absolute Gasteiger partial charge is 0.387 e. The van der Waals surface area contributed by atoms with Crippen LogP contribution in [0.2, 0.25) is 0 Å². The minimum absolute atomic E-state index is 0.00996. The molecule has 3 aromatic rings. The number of aromatic nitrogens is 3. The van der Waals surface area contributed by atoms with Gasteiger partial charge >= 0.3 is 6.61 Å². The molecule has 2 aromatic heterocycles. The molecule has 0 aliphatic rings. The first-order chi connectivity index (χ1) is 14.1. The van der Waals surface area contributed by atoms with Gasteiger partial charge in [-0.2, -0.15) is 8.78 Å². The first-order valence-electron chi connectivity index (χ1n) is 9.05. The molecule has 29 heavy (non-hydrogen) atoms. The van der Waals surface area contributed by atoms with Crippen LogP contribution in [-0.4, -0.2) is 40.8 Å². The van der Waals surface area contributed by atoms with Gasteiger partial charge in [-0.05, 0) is 25.1 Å². The molecule has 2 N–H and O–H groups in total. The van der Waals surface area contributed by atoms with Crippen LogP contribution in [0.3, 0.4) is 0 Å². The molecule has 1 aromatic carbocycles. The van der Waals surface area contributed by atoms with Crippen molar-refractivity contribution in [3.05, 3.63) is 54.0 Å². The summed E-state index contributed by atoms with van der Waals surface area (Å²) in [5.74, 6) is 1.46. The normalized spacial score (nSPS) is 11.7. The van der Waals surface area contributed by atoms with E-state index in [0.29, 0.717) is 30.5 Å². The van der Waals surface area contributed by atoms with E-state index in [2.05, 4.69) is 30.6 Å². The summed E-state index contributed by atoms with van der Waals surface area (Å²) in [6.45, 7) is -0.245. The SMILES string of the molecule is CCOc1cccc(CNC(=NC)NCc2nnc3ccccn23)c1OC(F)F. The molecule has 0 unspecified atom stereocenters. The number of hydrogen-bond donors (Lipinski definition) is 2.